The number of hydrogen-bond acceptors (Lipinski definition) is 3. The highest BCUT2D eigenvalue weighted by atomic mass is 16.5. The van der Waals surface area contributed by atoms with E-state index >= 15 is 0 Å². The van der Waals surface area contributed by atoms with E-state index in [9.17, 15) is 4.79 Å². The molecule has 1 aromatic carbocycles. The molecule has 1 saturated carbocycles. The molecule has 0 bridgehead atoms. The van der Waals surface area contributed by atoms with E-state index in [1.165, 1.54) is 18.4 Å². The van der Waals surface area contributed by atoms with E-state index in [2.05, 4.69) is 36.6 Å². The average Bonchev–Trinajstić information content (AvgIpc) is 3.46. The van der Waals surface area contributed by atoms with Crippen LogP contribution >= 0.6 is 0 Å². The fraction of sp³-hybridized carbons (Fsp3) is 0.650. The van der Waals surface area contributed by atoms with Crippen LogP contribution in [0.1, 0.15) is 45.1 Å². The maximum atomic E-state index is 12.3. The van der Waals surface area contributed by atoms with Gasteiger partial charge in [0, 0.05) is 24.6 Å². The summed E-state index contributed by atoms with van der Waals surface area (Å²) in [6, 6.07) is 8.16. The van der Waals surface area contributed by atoms with Crippen LogP contribution in [0, 0.1) is 5.92 Å². The Labute approximate surface area is 150 Å². The van der Waals surface area contributed by atoms with Crippen LogP contribution in [0.15, 0.2) is 24.3 Å². The highest BCUT2D eigenvalue weighted by Gasteiger charge is 2.36. The summed E-state index contributed by atoms with van der Waals surface area (Å²) in [5.41, 5.74) is 1.03. The van der Waals surface area contributed by atoms with Gasteiger partial charge in [-0.2, -0.15) is 0 Å². The summed E-state index contributed by atoms with van der Waals surface area (Å²) in [7, 11) is 1.66. The van der Waals surface area contributed by atoms with Crippen LogP contribution in [0.4, 0.5) is 4.79 Å². The van der Waals surface area contributed by atoms with Gasteiger partial charge >= 0.3 is 6.03 Å². The van der Waals surface area contributed by atoms with Crippen molar-refractivity contribution in [2.45, 2.75) is 57.1 Å². The third-order valence-corrected chi connectivity index (χ3v) is 5.36. The number of carbonyl (C=O) groups is 1. The van der Waals surface area contributed by atoms with E-state index in [1.54, 1.807) is 7.11 Å². The Bertz CT molecular complexity index is 581. The summed E-state index contributed by atoms with van der Waals surface area (Å²) in [6.45, 7) is 5.60. The lowest BCUT2D eigenvalue weighted by molar-refractivity contribution is -0.00915. The van der Waals surface area contributed by atoms with Crippen molar-refractivity contribution in [1.82, 2.24) is 10.6 Å². The number of carbonyl (C=O) groups excluding carboxylic acids is 1. The number of amides is 2. The maximum absolute atomic E-state index is 12.3. The summed E-state index contributed by atoms with van der Waals surface area (Å²) in [4.78, 5) is 12.3. The first-order valence-corrected chi connectivity index (χ1v) is 9.28. The number of hydrogen-bond donors (Lipinski definition) is 2. The first kappa shape index (κ1) is 18.1. The van der Waals surface area contributed by atoms with Gasteiger partial charge in [0.2, 0.25) is 0 Å². The lowest BCUT2D eigenvalue weighted by Gasteiger charge is -2.31. The molecule has 2 N–H and O–H groups in total. The Kier molecular flexibility index (Phi) is 5.52. The molecule has 2 atom stereocenters. The van der Waals surface area contributed by atoms with Gasteiger partial charge in [0.25, 0.3) is 0 Å². The molecule has 1 aromatic rings. The molecule has 5 nitrogen and oxygen atoms in total. The largest absolute Gasteiger partial charge is 0.497 e. The van der Waals surface area contributed by atoms with Crippen LogP contribution in [0.2, 0.25) is 0 Å². The molecule has 0 spiro atoms. The number of urea groups is 1. The maximum Gasteiger partial charge on any atom is 0.315 e. The molecule has 5 heteroatoms. The molecule has 25 heavy (non-hydrogen) atoms. The quantitative estimate of drug-likeness (QED) is 0.831. The SMILES string of the molecule is COc1ccc(C(C)(C)CNC(=O)N[C@@H]2CCO[C@@H](C3CC3)C2)cc1. The van der Waals surface area contributed by atoms with Gasteiger partial charge in [0.1, 0.15) is 5.75 Å². The number of nitrogens with one attached hydrogen (secondary N) is 2. The van der Waals surface area contributed by atoms with Gasteiger partial charge in [-0.15, -0.1) is 0 Å². The molecule has 1 aliphatic carbocycles. The predicted octanol–water partition coefficient (Wildman–Crippen LogP) is 3.23. The Balaban J connectivity index is 1.47. The molecule has 3 rings (SSSR count). The summed E-state index contributed by atoms with van der Waals surface area (Å²) in [5, 5.41) is 6.16. The molecule has 138 valence electrons. The van der Waals surface area contributed by atoms with Gasteiger partial charge in [0.15, 0.2) is 0 Å². The van der Waals surface area contributed by atoms with Gasteiger partial charge in [-0.1, -0.05) is 26.0 Å². The first-order chi connectivity index (χ1) is 12.0. The highest BCUT2D eigenvalue weighted by molar-refractivity contribution is 5.74. The molecule has 0 unspecified atom stereocenters. The summed E-state index contributed by atoms with van der Waals surface area (Å²) < 4.78 is 11.0. The minimum atomic E-state index is -0.143. The Morgan fingerprint density at radius 1 is 1.24 bits per heavy atom. The van der Waals surface area contributed by atoms with E-state index in [0.717, 1.165) is 31.1 Å². The van der Waals surface area contributed by atoms with E-state index < -0.39 is 0 Å². The Hall–Kier alpha value is -1.75. The molecule has 0 radical (unpaired) electrons. The van der Waals surface area contributed by atoms with Crippen LogP contribution in [-0.2, 0) is 10.2 Å². The second-order valence-electron chi connectivity index (χ2n) is 7.91. The van der Waals surface area contributed by atoms with Crippen molar-refractivity contribution in [3.63, 3.8) is 0 Å². The van der Waals surface area contributed by atoms with Crippen molar-refractivity contribution in [3.8, 4) is 5.75 Å². The molecular formula is C20H30N2O3. The lowest BCUT2D eigenvalue weighted by atomic mass is 9.84. The lowest BCUT2D eigenvalue weighted by Crippen LogP contribution is -2.49. The van der Waals surface area contributed by atoms with Gasteiger partial charge in [0.05, 0.1) is 13.2 Å². The molecule has 2 aliphatic rings. The normalized spacial score (nSPS) is 23.8. The summed E-state index contributed by atoms with van der Waals surface area (Å²) >= 11 is 0. The fourth-order valence-corrected chi connectivity index (χ4v) is 3.44. The van der Waals surface area contributed by atoms with Crippen molar-refractivity contribution in [1.29, 1.82) is 0 Å². The topological polar surface area (TPSA) is 59.6 Å². The smallest absolute Gasteiger partial charge is 0.315 e. The molecular weight excluding hydrogens is 316 g/mol. The first-order valence-electron chi connectivity index (χ1n) is 9.28. The number of rotatable bonds is 6. The molecule has 1 heterocycles. The van der Waals surface area contributed by atoms with Crippen molar-refractivity contribution in [2.75, 3.05) is 20.3 Å². The van der Waals surface area contributed by atoms with Gasteiger partial charge < -0.3 is 20.1 Å². The van der Waals surface area contributed by atoms with Crippen LogP contribution in [0.5, 0.6) is 5.75 Å². The highest BCUT2D eigenvalue weighted by Crippen LogP contribution is 2.38. The summed E-state index contributed by atoms with van der Waals surface area (Å²) in [5.74, 6) is 1.57. The third-order valence-electron chi connectivity index (χ3n) is 5.36. The minimum absolute atomic E-state index is 0.0805. The van der Waals surface area contributed by atoms with Crippen LogP contribution in [-0.4, -0.2) is 38.4 Å². The zero-order chi connectivity index (χ0) is 17.9. The molecule has 2 fully saturated rings. The second-order valence-corrected chi connectivity index (χ2v) is 7.91. The molecule has 1 saturated heterocycles. The van der Waals surface area contributed by atoms with Gasteiger partial charge in [-0.05, 0) is 49.3 Å². The fourth-order valence-electron chi connectivity index (χ4n) is 3.44. The Morgan fingerprint density at radius 3 is 2.60 bits per heavy atom. The number of ether oxygens (including phenoxy) is 2. The van der Waals surface area contributed by atoms with E-state index in [4.69, 9.17) is 9.47 Å². The molecule has 2 amide bonds. The van der Waals surface area contributed by atoms with Crippen LogP contribution in [0.25, 0.3) is 0 Å². The second kappa shape index (κ2) is 7.65. The number of methoxy groups -OCH3 is 1. The minimum Gasteiger partial charge on any atom is -0.497 e. The van der Waals surface area contributed by atoms with Crippen LogP contribution in [0.3, 0.4) is 0 Å². The number of benzene rings is 1. The van der Waals surface area contributed by atoms with E-state index in [0.29, 0.717) is 12.6 Å². The average molecular weight is 346 g/mol. The van der Waals surface area contributed by atoms with Crippen molar-refractivity contribution in [3.05, 3.63) is 29.8 Å². The zero-order valence-electron chi connectivity index (χ0n) is 15.5. The standard InChI is InChI=1S/C20H30N2O3/c1-20(2,15-6-8-17(24-3)9-7-15)13-21-19(23)22-16-10-11-25-18(12-16)14-4-5-14/h6-9,14,16,18H,4-5,10-13H2,1-3H3,(H2,21,22,23)/t16-,18-/m1/s1. The van der Waals surface area contributed by atoms with Gasteiger partial charge in [-0.3, -0.25) is 0 Å². The van der Waals surface area contributed by atoms with E-state index in [-0.39, 0.29) is 17.5 Å². The third kappa shape index (κ3) is 4.88. The Morgan fingerprint density at radius 2 is 1.96 bits per heavy atom. The monoisotopic (exact) mass is 346 g/mol. The predicted molar refractivity (Wildman–Crippen MR) is 98.0 cm³/mol. The van der Waals surface area contributed by atoms with E-state index in [1.807, 2.05) is 12.1 Å². The zero-order valence-corrected chi connectivity index (χ0v) is 15.5. The van der Waals surface area contributed by atoms with Crippen LogP contribution < -0.4 is 15.4 Å². The van der Waals surface area contributed by atoms with Gasteiger partial charge in [-0.25, -0.2) is 4.79 Å². The van der Waals surface area contributed by atoms with Crippen molar-refractivity contribution >= 4 is 6.03 Å². The molecule has 0 aromatic heterocycles. The van der Waals surface area contributed by atoms with Crippen molar-refractivity contribution < 1.29 is 14.3 Å². The summed E-state index contributed by atoms with van der Waals surface area (Å²) in [6.07, 6.45) is 4.74. The molecule has 1 aliphatic heterocycles. The van der Waals surface area contributed by atoms with Crippen molar-refractivity contribution in [2.24, 2.45) is 5.92 Å².